The Morgan fingerprint density at radius 2 is 2.10 bits per heavy atom. The second-order valence-corrected chi connectivity index (χ2v) is 8.20. The van der Waals surface area contributed by atoms with E-state index in [9.17, 15) is 13.2 Å². The molecule has 0 atom stereocenters. The van der Waals surface area contributed by atoms with Crippen LogP contribution >= 0.6 is 0 Å². The number of hydrogen-bond donors (Lipinski definition) is 1. The van der Waals surface area contributed by atoms with Crippen LogP contribution in [-0.4, -0.2) is 53.5 Å². The molecular formula is C19H19N5O4S. The summed E-state index contributed by atoms with van der Waals surface area (Å²) >= 11 is 0. The Morgan fingerprint density at radius 1 is 1.24 bits per heavy atom. The summed E-state index contributed by atoms with van der Waals surface area (Å²) in [5.74, 6) is 0.478. The molecule has 29 heavy (non-hydrogen) atoms. The van der Waals surface area contributed by atoms with Gasteiger partial charge in [0.15, 0.2) is 0 Å². The second kappa shape index (κ2) is 7.92. The SMILES string of the molecule is O=C(Nc1ccccc1OCCn1ccnc1)C1=CN2CCS(=O)(=O)N=C2C=C1. The number of sulfonamides is 1. The van der Waals surface area contributed by atoms with Crippen LogP contribution in [0.5, 0.6) is 5.75 Å². The summed E-state index contributed by atoms with van der Waals surface area (Å²) in [6.45, 7) is 1.32. The third kappa shape index (κ3) is 4.54. The van der Waals surface area contributed by atoms with E-state index < -0.39 is 10.0 Å². The summed E-state index contributed by atoms with van der Waals surface area (Å²) in [5, 5.41) is 2.85. The number of fused-ring (bicyclic) bond motifs is 1. The molecule has 1 N–H and O–H groups in total. The number of carbonyl (C=O) groups is 1. The number of benzene rings is 1. The van der Waals surface area contributed by atoms with E-state index in [0.717, 1.165) is 0 Å². The number of ether oxygens (including phenoxy) is 1. The monoisotopic (exact) mass is 413 g/mol. The van der Waals surface area contributed by atoms with Crippen LogP contribution < -0.4 is 10.1 Å². The van der Waals surface area contributed by atoms with Crippen molar-refractivity contribution < 1.29 is 17.9 Å². The molecule has 4 rings (SSSR count). The first-order valence-corrected chi connectivity index (χ1v) is 10.6. The van der Waals surface area contributed by atoms with Crippen molar-refractivity contribution in [2.75, 3.05) is 24.2 Å². The molecule has 9 nitrogen and oxygen atoms in total. The molecule has 2 aliphatic heterocycles. The zero-order valence-corrected chi connectivity index (χ0v) is 16.2. The quantitative estimate of drug-likeness (QED) is 0.767. The van der Waals surface area contributed by atoms with Crippen LogP contribution in [0.25, 0.3) is 0 Å². The van der Waals surface area contributed by atoms with Crippen LogP contribution in [0.1, 0.15) is 0 Å². The van der Waals surface area contributed by atoms with Crippen molar-refractivity contribution in [2.45, 2.75) is 6.54 Å². The van der Waals surface area contributed by atoms with Crippen molar-refractivity contribution in [3.8, 4) is 5.75 Å². The molecule has 150 valence electrons. The lowest BCUT2D eigenvalue weighted by atomic mass is 10.1. The number of nitrogens with zero attached hydrogens (tertiary/aromatic N) is 4. The Bertz CT molecular complexity index is 1100. The fourth-order valence-electron chi connectivity index (χ4n) is 2.91. The van der Waals surface area contributed by atoms with E-state index in [1.165, 1.54) is 6.08 Å². The van der Waals surface area contributed by atoms with Gasteiger partial charge in [-0.2, -0.15) is 0 Å². The van der Waals surface area contributed by atoms with Gasteiger partial charge in [-0.05, 0) is 24.3 Å². The van der Waals surface area contributed by atoms with Gasteiger partial charge in [-0.25, -0.2) is 13.4 Å². The van der Waals surface area contributed by atoms with Gasteiger partial charge in [0.1, 0.15) is 18.2 Å². The molecule has 10 heteroatoms. The molecule has 0 saturated carbocycles. The van der Waals surface area contributed by atoms with Crippen molar-refractivity contribution >= 4 is 27.5 Å². The summed E-state index contributed by atoms with van der Waals surface area (Å²) < 4.78 is 34.6. The molecule has 1 aromatic heterocycles. The van der Waals surface area contributed by atoms with Crippen LogP contribution in [0.4, 0.5) is 5.69 Å². The first-order valence-electron chi connectivity index (χ1n) is 8.98. The van der Waals surface area contributed by atoms with Gasteiger partial charge in [0.25, 0.3) is 15.9 Å². The van der Waals surface area contributed by atoms with Gasteiger partial charge in [0.05, 0.1) is 29.9 Å². The number of rotatable bonds is 6. The van der Waals surface area contributed by atoms with Gasteiger partial charge >= 0.3 is 0 Å². The molecule has 2 aromatic rings. The van der Waals surface area contributed by atoms with E-state index in [2.05, 4.69) is 14.7 Å². The van der Waals surface area contributed by atoms with E-state index in [4.69, 9.17) is 4.74 Å². The fraction of sp³-hybridized carbons (Fsp3) is 0.211. The Kier molecular flexibility index (Phi) is 5.17. The zero-order valence-electron chi connectivity index (χ0n) is 15.4. The minimum atomic E-state index is -3.43. The molecule has 3 heterocycles. The number of nitrogens with one attached hydrogen (secondary N) is 1. The molecule has 0 saturated heterocycles. The average Bonchev–Trinajstić information content (AvgIpc) is 3.22. The highest BCUT2D eigenvalue weighted by Gasteiger charge is 2.25. The maximum atomic E-state index is 12.7. The molecule has 1 amide bonds. The molecule has 0 aliphatic carbocycles. The fourth-order valence-corrected chi connectivity index (χ4v) is 3.87. The van der Waals surface area contributed by atoms with E-state index >= 15 is 0 Å². The maximum absolute atomic E-state index is 12.7. The number of amides is 1. The molecule has 1 aromatic carbocycles. The van der Waals surface area contributed by atoms with Crippen molar-refractivity contribution in [3.05, 3.63) is 66.9 Å². The number of anilines is 1. The van der Waals surface area contributed by atoms with Gasteiger partial charge in [-0.15, -0.1) is 4.40 Å². The Balaban J connectivity index is 1.43. The Labute approximate surface area is 168 Å². The number of carbonyl (C=O) groups excluding carboxylic acids is 1. The van der Waals surface area contributed by atoms with Crippen molar-refractivity contribution in [3.63, 3.8) is 0 Å². The lowest BCUT2D eigenvalue weighted by molar-refractivity contribution is -0.112. The predicted octanol–water partition coefficient (Wildman–Crippen LogP) is 1.40. The van der Waals surface area contributed by atoms with E-state index in [-0.39, 0.29) is 18.2 Å². The van der Waals surface area contributed by atoms with Gasteiger partial charge in [-0.3, -0.25) is 4.79 Å². The molecule has 0 radical (unpaired) electrons. The number of amidine groups is 1. The second-order valence-electron chi connectivity index (χ2n) is 6.45. The summed E-state index contributed by atoms with van der Waals surface area (Å²) in [5.41, 5.74) is 0.953. The molecule has 0 fully saturated rings. The van der Waals surface area contributed by atoms with E-state index in [1.54, 1.807) is 41.8 Å². The Morgan fingerprint density at radius 3 is 2.93 bits per heavy atom. The lowest BCUT2D eigenvalue weighted by Gasteiger charge is -2.27. The third-order valence-corrected chi connectivity index (χ3v) is 5.55. The van der Waals surface area contributed by atoms with Crippen LogP contribution in [-0.2, 0) is 21.4 Å². The normalized spacial score (nSPS) is 17.2. The topological polar surface area (TPSA) is 106 Å². The largest absolute Gasteiger partial charge is 0.490 e. The van der Waals surface area contributed by atoms with Crippen LogP contribution in [0.15, 0.2) is 71.3 Å². The number of imidazole rings is 1. The lowest BCUT2D eigenvalue weighted by Crippen LogP contribution is -2.37. The number of aromatic nitrogens is 2. The minimum Gasteiger partial charge on any atom is -0.490 e. The minimum absolute atomic E-state index is 0.0800. The summed E-state index contributed by atoms with van der Waals surface area (Å²) in [7, 11) is -3.43. The first-order chi connectivity index (χ1) is 14.0. The predicted molar refractivity (Wildman–Crippen MR) is 108 cm³/mol. The third-order valence-electron chi connectivity index (χ3n) is 4.39. The summed E-state index contributed by atoms with van der Waals surface area (Å²) in [4.78, 5) is 18.3. The van der Waals surface area contributed by atoms with E-state index in [0.29, 0.717) is 36.0 Å². The molecule has 2 aliphatic rings. The van der Waals surface area contributed by atoms with Crippen molar-refractivity contribution in [1.29, 1.82) is 0 Å². The van der Waals surface area contributed by atoms with Crippen molar-refractivity contribution in [1.82, 2.24) is 14.5 Å². The molecular weight excluding hydrogens is 394 g/mol. The van der Waals surface area contributed by atoms with Crippen LogP contribution in [0.3, 0.4) is 0 Å². The number of hydrogen-bond acceptors (Lipinski definition) is 6. The number of para-hydroxylation sites is 2. The molecule has 0 bridgehead atoms. The highest BCUT2D eigenvalue weighted by Crippen LogP contribution is 2.25. The highest BCUT2D eigenvalue weighted by molar-refractivity contribution is 7.90. The molecule has 0 unspecified atom stereocenters. The van der Waals surface area contributed by atoms with E-state index in [1.807, 2.05) is 22.9 Å². The zero-order chi connectivity index (χ0) is 20.3. The van der Waals surface area contributed by atoms with Crippen LogP contribution in [0, 0.1) is 0 Å². The summed E-state index contributed by atoms with van der Waals surface area (Å²) in [6.07, 6.45) is 9.94. The van der Waals surface area contributed by atoms with Gasteiger partial charge in [0, 0.05) is 25.1 Å². The van der Waals surface area contributed by atoms with Crippen molar-refractivity contribution in [2.24, 2.45) is 4.40 Å². The van der Waals surface area contributed by atoms with Gasteiger partial charge in [-0.1, -0.05) is 12.1 Å². The first kappa shape index (κ1) is 18.9. The van der Waals surface area contributed by atoms with Gasteiger partial charge in [0.2, 0.25) is 0 Å². The Hall–Kier alpha value is -3.40. The average molecular weight is 413 g/mol. The molecule has 0 spiro atoms. The van der Waals surface area contributed by atoms with Gasteiger partial charge < -0.3 is 19.5 Å². The summed E-state index contributed by atoms with van der Waals surface area (Å²) in [6, 6.07) is 7.19. The standard InChI is InChI=1S/C19H19N5O4S/c25-19(15-5-6-18-22-29(26,27)12-10-24(18)13-15)21-16-3-1-2-4-17(16)28-11-9-23-8-7-20-14-23/h1-8,13-14H,9-12H2,(H,21,25). The maximum Gasteiger partial charge on any atom is 0.257 e. The highest BCUT2D eigenvalue weighted by atomic mass is 32.2. The van der Waals surface area contributed by atoms with Crippen LogP contribution in [0.2, 0.25) is 0 Å². The smallest absolute Gasteiger partial charge is 0.257 e.